The van der Waals surface area contributed by atoms with Crippen molar-refractivity contribution >= 4 is 18.5 Å². The molecule has 1 unspecified atom stereocenters. The van der Waals surface area contributed by atoms with Crippen molar-refractivity contribution in [2.45, 2.75) is 45.7 Å². The minimum atomic E-state index is -0.274. The predicted molar refractivity (Wildman–Crippen MR) is 102 cm³/mol. The summed E-state index contributed by atoms with van der Waals surface area (Å²) in [4.78, 5) is 0. The van der Waals surface area contributed by atoms with Gasteiger partial charge in [0, 0.05) is 0 Å². The third-order valence-electron chi connectivity index (χ3n) is 7.13. The van der Waals surface area contributed by atoms with E-state index in [4.69, 9.17) is 0 Å². The van der Waals surface area contributed by atoms with E-state index >= 15 is 0 Å². The summed E-state index contributed by atoms with van der Waals surface area (Å²) in [5, 5.41) is 3.12. The fourth-order valence-electron chi connectivity index (χ4n) is 5.24. The van der Waals surface area contributed by atoms with E-state index in [-0.39, 0.29) is 7.92 Å². The summed E-state index contributed by atoms with van der Waals surface area (Å²) < 4.78 is 0. The van der Waals surface area contributed by atoms with Gasteiger partial charge >= 0.3 is 0 Å². The van der Waals surface area contributed by atoms with Crippen molar-refractivity contribution < 1.29 is 0 Å². The van der Waals surface area contributed by atoms with Crippen LogP contribution in [0.5, 0.6) is 0 Å². The van der Waals surface area contributed by atoms with E-state index in [1.54, 1.807) is 10.6 Å². The Kier molecular flexibility index (Phi) is 3.65. The van der Waals surface area contributed by atoms with Crippen molar-refractivity contribution in [3.63, 3.8) is 0 Å². The summed E-state index contributed by atoms with van der Waals surface area (Å²) >= 11 is 0. The maximum absolute atomic E-state index is 2.59. The third-order valence-corrected chi connectivity index (χ3v) is 10.2. The van der Waals surface area contributed by atoms with Gasteiger partial charge in [-0.05, 0) is 60.2 Å². The molecule has 2 fully saturated rings. The molecule has 0 aliphatic heterocycles. The fourth-order valence-corrected chi connectivity index (χ4v) is 8.74. The maximum atomic E-state index is 2.59. The number of hydrogen-bond donors (Lipinski definition) is 0. The largest absolute Gasteiger partial charge is 0.0622 e. The van der Waals surface area contributed by atoms with Crippen molar-refractivity contribution in [1.29, 1.82) is 0 Å². The van der Waals surface area contributed by atoms with Gasteiger partial charge in [0.25, 0.3) is 0 Å². The van der Waals surface area contributed by atoms with Crippen molar-refractivity contribution in [3.05, 3.63) is 60.7 Å². The molecule has 2 aromatic rings. The SMILES string of the molecule is CC1(C)[C@H]2CC[C@]1(C)C(P(c1ccccc1)c1ccccc1)C2. The lowest BCUT2D eigenvalue weighted by atomic mass is 9.71. The van der Waals surface area contributed by atoms with Gasteiger partial charge < -0.3 is 0 Å². The second-order valence-electron chi connectivity index (χ2n) is 8.17. The van der Waals surface area contributed by atoms with Gasteiger partial charge in [-0.1, -0.05) is 81.4 Å². The Morgan fingerprint density at radius 1 is 0.826 bits per heavy atom. The fraction of sp³-hybridized carbons (Fsp3) is 0.455. The molecule has 2 aliphatic carbocycles. The Morgan fingerprint density at radius 3 is 1.74 bits per heavy atom. The summed E-state index contributed by atoms with van der Waals surface area (Å²) in [6.45, 7) is 7.66. The zero-order valence-corrected chi connectivity index (χ0v) is 15.4. The van der Waals surface area contributed by atoms with Crippen molar-refractivity contribution in [1.82, 2.24) is 0 Å². The molecule has 2 bridgehead atoms. The highest BCUT2D eigenvalue weighted by molar-refractivity contribution is 7.73. The van der Waals surface area contributed by atoms with E-state index < -0.39 is 0 Å². The van der Waals surface area contributed by atoms with Crippen LogP contribution in [0.15, 0.2) is 60.7 Å². The highest BCUT2D eigenvalue weighted by atomic mass is 31.1. The minimum absolute atomic E-state index is 0.274. The van der Waals surface area contributed by atoms with Gasteiger partial charge in [-0.3, -0.25) is 0 Å². The van der Waals surface area contributed by atoms with E-state index in [9.17, 15) is 0 Å². The van der Waals surface area contributed by atoms with Crippen molar-refractivity contribution in [3.8, 4) is 0 Å². The normalized spacial score (nSPS) is 31.7. The van der Waals surface area contributed by atoms with E-state index in [0.29, 0.717) is 10.8 Å². The summed E-state index contributed by atoms with van der Waals surface area (Å²) in [7, 11) is -0.274. The summed E-state index contributed by atoms with van der Waals surface area (Å²) in [5.41, 5.74) is 1.78. The molecule has 0 nitrogen and oxygen atoms in total. The molecule has 0 N–H and O–H groups in total. The molecule has 0 heterocycles. The van der Waals surface area contributed by atoms with Crippen LogP contribution in [0, 0.1) is 16.7 Å². The monoisotopic (exact) mass is 322 g/mol. The molecular formula is C22H27P. The summed E-state index contributed by atoms with van der Waals surface area (Å²) in [6.07, 6.45) is 4.26. The molecule has 0 aromatic heterocycles. The Morgan fingerprint density at radius 2 is 1.35 bits per heavy atom. The van der Waals surface area contributed by atoms with E-state index in [2.05, 4.69) is 81.4 Å². The molecule has 0 spiro atoms. The smallest absolute Gasteiger partial charge is 0.00668 e. The van der Waals surface area contributed by atoms with Crippen LogP contribution in [-0.4, -0.2) is 5.66 Å². The number of benzene rings is 2. The second kappa shape index (κ2) is 5.45. The second-order valence-corrected chi connectivity index (χ2v) is 10.6. The Balaban J connectivity index is 1.82. The predicted octanol–water partition coefficient (Wildman–Crippen LogP) is 5.33. The van der Waals surface area contributed by atoms with Crippen LogP contribution in [0.4, 0.5) is 0 Å². The maximum Gasteiger partial charge on any atom is -0.00668 e. The zero-order chi connectivity index (χ0) is 16.1. The molecular weight excluding hydrogens is 295 g/mol. The van der Waals surface area contributed by atoms with Crippen LogP contribution in [0.3, 0.4) is 0 Å². The molecule has 0 saturated heterocycles. The van der Waals surface area contributed by atoms with Gasteiger partial charge in [-0.15, -0.1) is 0 Å². The summed E-state index contributed by atoms with van der Waals surface area (Å²) in [6, 6.07) is 22.6. The molecule has 1 heteroatoms. The highest BCUT2D eigenvalue weighted by Gasteiger charge is 2.62. The van der Waals surface area contributed by atoms with Crippen LogP contribution in [0.2, 0.25) is 0 Å². The molecule has 23 heavy (non-hydrogen) atoms. The first kappa shape index (κ1) is 15.4. The molecule has 4 rings (SSSR count). The quantitative estimate of drug-likeness (QED) is 0.670. The van der Waals surface area contributed by atoms with Gasteiger partial charge in [0.15, 0.2) is 0 Å². The first-order valence-corrected chi connectivity index (χ1v) is 10.3. The molecule has 3 atom stereocenters. The lowest BCUT2D eigenvalue weighted by Gasteiger charge is -2.43. The Hall–Kier alpha value is -1.13. The van der Waals surface area contributed by atoms with Gasteiger partial charge in [-0.2, -0.15) is 0 Å². The lowest BCUT2D eigenvalue weighted by Crippen LogP contribution is -2.38. The van der Waals surface area contributed by atoms with Crippen LogP contribution >= 0.6 is 7.92 Å². The lowest BCUT2D eigenvalue weighted by molar-refractivity contribution is 0.155. The average molecular weight is 322 g/mol. The summed E-state index contributed by atoms with van der Waals surface area (Å²) in [5.74, 6) is 0.912. The standard InChI is InChI=1S/C22H27P/c1-21(2)17-14-15-22(21,3)20(16-17)23(18-10-6-4-7-11-18)19-12-8-5-9-13-19/h4-13,17,20H,14-16H2,1-3H3/t17-,20?,22+/m0/s1. The molecule has 120 valence electrons. The van der Waals surface area contributed by atoms with Crippen LogP contribution in [-0.2, 0) is 0 Å². The zero-order valence-electron chi connectivity index (χ0n) is 14.5. The number of fused-ring (bicyclic) bond motifs is 2. The molecule has 0 amide bonds. The minimum Gasteiger partial charge on any atom is -0.0622 e. The molecule has 2 aliphatic rings. The molecule has 2 aromatic carbocycles. The number of hydrogen-bond acceptors (Lipinski definition) is 0. The van der Waals surface area contributed by atoms with Crippen LogP contribution in [0.1, 0.15) is 40.0 Å². The Bertz CT molecular complexity index is 636. The van der Waals surface area contributed by atoms with E-state index in [1.807, 2.05) is 0 Å². The van der Waals surface area contributed by atoms with Crippen LogP contribution in [0.25, 0.3) is 0 Å². The van der Waals surface area contributed by atoms with Crippen molar-refractivity contribution in [2.75, 3.05) is 0 Å². The van der Waals surface area contributed by atoms with Crippen molar-refractivity contribution in [2.24, 2.45) is 16.7 Å². The topological polar surface area (TPSA) is 0 Å². The van der Waals surface area contributed by atoms with Gasteiger partial charge in [0.2, 0.25) is 0 Å². The average Bonchev–Trinajstić information content (AvgIpc) is 2.91. The van der Waals surface area contributed by atoms with Crippen LogP contribution < -0.4 is 10.6 Å². The first-order chi connectivity index (χ1) is 11.0. The highest BCUT2D eigenvalue weighted by Crippen LogP contribution is 2.72. The van der Waals surface area contributed by atoms with Gasteiger partial charge in [0.1, 0.15) is 0 Å². The van der Waals surface area contributed by atoms with E-state index in [1.165, 1.54) is 19.3 Å². The number of rotatable bonds is 3. The van der Waals surface area contributed by atoms with Gasteiger partial charge in [0.05, 0.1) is 0 Å². The molecule has 2 saturated carbocycles. The Labute approximate surface area is 142 Å². The van der Waals surface area contributed by atoms with E-state index in [0.717, 1.165) is 11.6 Å². The third kappa shape index (κ3) is 2.22. The first-order valence-electron chi connectivity index (χ1n) is 8.93. The van der Waals surface area contributed by atoms with Gasteiger partial charge in [-0.25, -0.2) is 0 Å². The molecule has 0 radical (unpaired) electrons.